The van der Waals surface area contributed by atoms with Crippen molar-refractivity contribution in [2.45, 2.75) is 25.8 Å². The van der Waals surface area contributed by atoms with Crippen molar-refractivity contribution < 1.29 is 4.74 Å². The summed E-state index contributed by atoms with van der Waals surface area (Å²) in [7, 11) is 0. The fourth-order valence-electron chi connectivity index (χ4n) is 2.07. The maximum atomic E-state index is 5.76. The maximum Gasteiger partial charge on any atom is 0.119 e. The molecular formula is C14H19NO. The molecule has 1 aliphatic rings. The Labute approximate surface area is 97.3 Å². The van der Waals surface area contributed by atoms with Gasteiger partial charge in [0, 0.05) is 6.04 Å². The Morgan fingerprint density at radius 3 is 2.88 bits per heavy atom. The van der Waals surface area contributed by atoms with Crippen molar-refractivity contribution in [3.8, 4) is 5.75 Å². The molecule has 0 amide bonds. The Bertz CT molecular complexity index is 339. The van der Waals surface area contributed by atoms with Crippen molar-refractivity contribution in [2.24, 2.45) is 0 Å². The smallest absolute Gasteiger partial charge is 0.119 e. The van der Waals surface area contributed by atoms with Gasteiger partial charge >= 0.3 is 0 Å². The number of hydrogen-bond acceptors (Lipinski definition) is 2. The molecule has 0 aliphatic carbocycles. The van der Waals surface area contributed by atoms with Gasteiger partial charge in [-0.15, -0.1) is 0 Å². The molecule has 0 bridgehead atoms. The molecule has 1 N–H and O–H groups in total. The third-order valence-corrected chi connectivity index (χ3v) is 3.03. The molecule has 0 aromatic heterocycles. The van der Waals surface area contributed by atoms with Gasteiger partial charge in [0.05, 0.1) is 0 Å². The van der Waals surface area contributed by atoms with Crippen LogP contribution in [0.15, 0.2) is 42.0 Å². The fourth-order valence-corrected chi connectivity index (χ4v) is 2.07. The minimum atomic E-state index is 0.522. The van der Waals surface area contributed by atoms with Gasteiger partial charge in [0.25, 0.3) is 0 Å². The van der Waals surface area contributed by atoms with E-state index < -0.39 is 0 Å². The number of para-hydroxylation sites is 1. The van der Waals surface area contributed by atoms with E-state index in [0.717, 1.165) is 12.3 Å². The zero-order valence-electron chi connectivity index (χ0n) is 9.78. The molecule has 0 saturated carbocycles. The minimum Gasteiger partial charge on any atom is -0.489 e. The molecule has 1 aliphatic heterocycles. The van der Waals surface area contributed by atoms with Crippen LogP contribution < -0.4 is 10.1 Å². The van der Waals surface area contributed by atoms with E-state index in [0.29, 0.717) is 12.6 Å². The standard InChI is InChI=1S/C14H19NO/c1-2-12(14-9-6-10-15-14)11-16-13-7-4-3-5-8-13/h2-5,7-8,14-15H,6,9-11H2,1H3. The van der Waals surface area contributed by atoms with E-state index in [9.17, 15) is 0 Å². The van der Waals surface area contributed by atoms with Crippen LogP contribution in [-0.4, -0.2) is 19.2 Å². The van der Waals surface area contributed by atoms with Gasteiger partial charge < -0.3 is 10.1 Å². The maximum absolute atomic E-state index is 5.76. The third kappa shape index (κ3) is 2.86. The van der Waals surface area contributed by atoms with Gasteiger partial charge in [-0.05, 0) is 44.0 Å². The summed E-state index contributed by atoms with van der Waals surface area (Å²) in [5.74, 6) is 0.944. The second-order valence-corrected chi connectivity index (χ2v) is 4.11. The normalized spacial score (nSPS) is 21.1. The molecule has 1 fully saturated rings. The molecule has 1 saturated heterocycles. The topological polar surface area (TPSA) is 21.3 Å². The van der Waals surface area contributed by atoms with Crippen LogP contribution in [0.1, 0.15) is 19.8 Å². The molecule has 1 unspecified atom stereocenters. The van der Waals surface area contributed by atoms with Crippen molar-refractivity contribution in [3.63, 3.8) is 0 Å². The summed E-state index contributed by atoms with van der Waals surface area (Å²) in [4.78, 5) is 0. The van der Waals surface area contributed by atoms with Crippen LogP contribution in [0.2, 0.25) is 0 Å². The van der Waals surface area contributed by atoms with Gasteiger partial charge in [0.15, 0.2) is 0 Å². The van der Waals surface area contributed by atoms with Crippen LogP contribution in [0, 0.1) is 0 Å². The van der Waals surface area contributed by atoms with E-state index >= 15 is 0 Å². The summed E-state index contributed by atoms with van der Waals surface area (Å²) >= 11 is 0. The van der Waals surface area contributed by atoms with E-state index in [1.54, 1.807) is 0 Å². The first-order chi connectivity index (χ1) is 7.90. The highest BCUT2D eigenvalue weighted by molar-refractivity contribution is 5.22. The van der Waals surface area contributed by atoms with Crippen LogP contribution in [-0.2, 0) is 0 Å². The van der Waals surface area contributed by atoms with E-state index in [2.05, 4.69) is 18.3 Å². The van der Waals surface area contributed by atoms with Crippen LogP contribution in [0.4, 0.5) is 0 Å². The Kier molecular flexibility index (Phi) is 4.00. The Hall–Kier alpha value is -1.28. The lowest BCUT2D eigenvalue weighted by molar-refractivity contribution is 0.340. The number of benzene rings is 1. The van der Waals surface area contributed by atoms with Crippen molar-refractivity contribution >= 4 is 0 Å². The summed E-state index contributed by atoms with van der Waals surface area (Å²) in [5, 5.41) is 3.50. The predicted molar refractivity (Wildman–Crippen MR) is 66.7 cm³/mol. The van der Waals surface area contributed by atoms with E-state index in [1.807, 2.05) is 30.3 Å². The third-order valence-electron chi connectivity index (χ3n) is 3.03. The molecule has 2 nitrogen and oxygen atoms in total. The number of nitrogens with one attached hydrogen (secondary N) is 1. The SMILES string of the molecule is CC=C(COc1ccccc1)C1CCCN1. The molecule has 1 aromatic carbocycles. The quantitative estimate of drug-likeness (QED) is 0.783. The van der Waals surface area contributed by atoms with Gasteiger partial charge in [-0.3, -0.25) is 0 Å². The van der Waals surface area contributed by atoms with E-state index in [4.69, 9.17) is 4.74 Å². The van der Waals surface area contributed by atoms with E-state index in [-0.39, 0.29) is 0 Å². The average molecular weight is 217 g/mol. The molecule has 1 atom stereocenters. The summed E-state index contributed by atoms with van der Waals surface area (Å²) in [6.45, 7) is 3.91. The molecule has 0 radical (unpaired) electrons. The van der Waals surface area contributed by atoms with Gasteiger partial charge in [-0.2, -0.15) is 0 Å². The van der Waals surface area contributed by atoms with Gasteiger partial charge in [0.2, 0.25) is 0 Å². The molecule has 2 rings (SSSR count). The van der Waals surface area contributed by atoms with Gasteiger partial charge in [-0.25, -0.2) is 0 Å². The lowest BCUT2D eigenvalue weighted by Crippen LogP contribution is -2.26. The lowest BCUT2D eigenvalue weighted by Gasteiger charge is -2.15. The fraction of sp³-hybridized carbons (Fsp3) is 0.429. The largest absolute Gasteiger partial charge is 0.489 e. The van der Waals surface area contributed by atoms with Crippen LogP contribution in [0.25, 0.3) is 0 Å². The first kappa shape index (κ1) is 11.2. The minimum absolute atomic E-state index is 0.522. The zero-order chi connectivity index (χ0) is 11.2. The molecule has 0 spiro atoms. The molecule has 86 valence electrons. The number of rotatable bonds is 4. The lowest BCUT2D eigenvalue weighted by atomic mass is 10.1. The first-order valence-electron chi connectivity index (χ1n) is 5.96. The monoisotopic (exact) mass is 217 g/mol. The number of hydrogen-bond donors (Lipinski definition) is 1. The molecular weight excluding hydrogens is 198 g/mol. The molecule has 2 heteroatoms. The average Bonchev–Trinajstić information content (AvgIpc) is 2.85. The van der Waals surface area contributed by atoms with Crippen molar-refractivity contribution in [3.05, 3.63) is 42.0 Å². The van der Waals surface area contributed by atoms with Crippen LogP contribution in [0.5, 0.6) is 5.75 Å². The molecule has 1 heterocycles. The predicted octanol–water partition coefficient (Wildman–Crippen LogP) is 2.76. The Balaban J connectivity index is 1.88. The zero-order valence-corrected chi connectivity index (χ0v) is 9.78. The highest BCUT2D eigenvalue weighted by Crippen LogP contribution is 2.16. The Morgan fingerprint density at radius 2 is 2.25 bits per heavy atom. The second kappa shape index (κ2) is 5.71. The second-order valence-electron chi connectivity index (χ2n) is 4.11. The number of ether oxygens (including phenoxy) is 1. The highest BCUT2D eigenvalue weighted by Gasteiger charge is 2.18. The van der Waals surface area contributed by atoms with Crippen LogP contribution in [0.3, 0.4) is 0 Å². The summed E-state index contributed by atoms with van der Waals surface area (Å²) in [6.07, 6.45) is 4.68. The van der Waals surface area contributed by atoms with Crippen molar-refractivity contribution in [2.75, 3.05) is 13.2 Å². The summed E-state index contributed by atoms with van der Waals surface area (Å²) in [6, 6.07) is 10.5. The Morgan fingerprint density at radius 1 is 1.44 bits per heavy atom. The van der Waals surface area contributed by atoms with Crippen LogP contribution >= 0.6 is 0 Å². The molecule has 1 aromatic rings. The summed E-state index contributed by atoms with van der Waals surface area (Å²) in [5.41, 5.74) is 1.36. The van der Waals surface area contributed by atoms with Crippen molar-refractivity contribution in [1.82, 2.24) is 5.32 Å². The number of allylic oxidation sites excluding steroid dienone is 1. The molecule has 16 heavy (non-hydrogen) atoms. The first-order valence-corrected chi connectivity index (χ1v) is 5.96. The van der Waals surface area contributed by atoms with Crippen molar-refractivity contribution in [1.29, 1.82) is 0 Å². The van der Waals surface area contributed by atoms with Gasteiger partial charge in [-0.1, -0.05) is 24.3 Å². The highest BCUT2D eigenvalue weighted by atomic mass is 16.5. The van der Waals surface area contributed by atoms with Gasteiger partial charge in [0.1, 0.15) is 12.4 Å². The summed E-state index contributed by atoms with van der Waals surface area (Å²) < 4.78 is 5.76. The van der Waals surface area contributed by atoms with E-state index in [1.165, 1.54) is 18.4 Å².